The van der Waals surface area contributed by atoms with Gasteiger partial charge in [-0.2, -0.15) is 0 Å². The topological polar surface area (TPSA) is 87.7 Å². The van der Waals surface area contributed by atoms with Crippen LogP contribution in [0.15, 0.2) is 49.0 Å². The third-order valence-corrected chi connectivity index (χ3v) is 7.14. The highest BCUT2D eigenvalue weighted by molar-refractivity contribution is 6.00. The zero-order valence-electron chi connectivity index (χ0n) is 26.9. The fourth-order valence-corrected chi connectivity index (χ4v) is 4.91. The minimum absolute atomic E-state index is 0.241. The van der Waals surface area contributed by atoms with Crippen molar-refractivity contribution in [2.45, 2.75) is 105 Å². The third-order valence-electron chi connectivity index (χ3n) is 7.14. The van der Waals surface area contributed by atoms with Crippen LogP contribution < -0.4 is 10.6 Å². The largest absolute Gasteiger partial charge is 0.444 e. The van der Waals surface area contributed by atoms with Gasteiger partial charge < -0.3 is 20.3 Å². The second-order valence-corrected chi connectivity index (χ2v) is 12.3. The molecule has 7 heteroatoms. The monoisotopic (exact) mass is 577 g/mol. The number of nitrogens with one attached hydrogen (secondary N) is 2. The normalized spacial score (nSPS) is 12.8. The van der Waals surface area contributed by atoms with Crippen LogP contribution in [0.25, 0.3) is 6.08 Å². The first-order valence-electron chi connectivity index (χ1n) is 15.2. The molecule has 2 aromatic carbocycles. The Kier molecular flexibility index (Phi) is 13.3. The maximum atomic E-state index is 14.4. The number of carbonyl (C=O) groups is 3. The van der Waals surface area contributed by atoms with Crippen LogP contribution in [0.1, 0.15) is 102 Å². The second-order valence-electron chi connectivity index (χ2n) is 12.3. The van der Waals surface area contributed by atoms with Crippen LogP contribution in [-0.2, 0) is 14.3 Å². The average molecular weight is 578 g/mol. The van der Waals surface area contributed by atoms with E-state index >= 15 is 0 Å². The number of aryl methyl sites for hydroxylation is 2. The Balaban J connectivity index is 2.60. The smallest absolute Gasteiger partial charge is 0.408 e. The Bertz CT molecular complexity index is 1190. The minimum Gasteiger partial charge on any atom is -0.444 e. The Morgan fingerprint density at radius 2 is 1.60 bits per heavy atom. The number of hydrogen-bond donors (Lipinski definition) is 2. The molecule has 0 saturated heterocycles. The summed E-state index contributed by atoms with van der Waals surface area (Å²) in [5, 5.41) is 5.93. The molecule has 42 heavy (non-hydrogen) atoms. The molecule has 0 radical (unpaired) electrons. The fourth-order valence-electron chi connectivity index (χ4n) is 4.91. The summed E-state index contributed by atoms with van der Waals surface area (Å²) in [6, 6.07) is 11.6. The van der Waals surface area contributed by atoms with Gasteiger partial charge in [0, 0.05) is 12.2 Å². The van der Waals surface area contributed by atoms with Gasteiger partial charge in [-0.3, -0.25) is 9.59 Å². The first-order valence-corrected chi connectivity index (χ1v) is 15.2. The maximum Gasteiger partial charge on any atom is 0.408 e. The summed E-state index contributed by atoms with van der Waals surface area (Å²) in [4.78, 5) is 43.1. The summed E-state index contributed by atoms with van der Waals surface area (Å²) < 4.78 is 5.49. The maximum absolute atomic E-state index is 14.4. The minimum atomic E-state index is -0.927. The Hall–Kier alpha value is -3.61. The van der Waals surface area contributed by atoms with Gasteiger partial charge in [0.1, 0.15) is 17.7 Å². The predicted octanol–water partition coefficient (Wildman–Crippen LogP) is 7.97. The molecular weight excluding hydrogens is 526 g/mol. The summed E-state index contributed by atoms with van der Waals surface area (Å²) in [5.74, 6) is -0.873. The van der Waals surface area contributed by atoms with Crippen molar-refractivity contribution < 1.29 is 19.1 Å². The van der Waals surface area contributed by atoms with Crippen molar-refractivity contribution >= 4 is 29.7 Å². The number of para-hydroxylation sites is 1. The predicted molar refractivity (Wildman–Crippen MR) is 172 cm³/mol. The first-order chi connectivity index (χ1) is 19.8. The lowest BCUT2D eigenvalue weighted by Gasteiger charge is -2.36. The molecule has 3 amide bonds. The molecule has 2 atom stereocenters. The number of rotatable bonds is 14. The summed E-state index contributed by atoms with van der Waals surface area (Å²) in [5.41, 5.74) is 3.41. The third kappa shape index (κ3) is 10.3. The Morgan fingerprint density at radius 3 is 2.17 bits per heavy atom. The van der Waals surface area contributed by atoms with Crippen LogP contribution in [0.3, 0.4) is 0 Å². The number of hydrogen-bond acceptors (Lipinski definition) is 4. The highest BCUT2D eigenvalue weighted by atomic mass is 16.6. The van der Waals surface area contributed by atoms with Crippen molar-refractivity contribution in [3.05, 3.63) is 71.3 Å². The van der Waals surface area contributed by atoms with Gasteiger partial charge in [-0.25, -0.2) is 4.79 Å². The molecule has 2 aromatic rings. The number of benzene rings is 2. The molecule has 0 bridgehead atoms. The molecule has 0 aliphatic heterocycles. The highest BCUT2D eigenvalue weighted by Crippen LogP contribution is 2.29. The Labute approximate surface area is 253 Å². The summed E-state index contributed by atoms with van der Waals surface area (Å²) in [6.07, 6.45) is 5.99. The van der Waals surface area contributed by atoms with Gasteiger partial charge in [-0.15, -0.1) is 0 Å². The van der Waals surface area contributed by atoms with E-state index in [0.29, 0.717) is 12.1 Å². The van der Waals surface area contributed by atoms with E-state index in [-0.39, 0.29) is 17.7 Å². The summed E-state index contributed by atoms with van der Waals surface area (Å²) in [6.45, 7) is 19.4. The van der Waals surface area contributed by atoms with E-state index in [1.54, 1.807) is 31.7 Å². The molecule has 0 aliphatic rings. The van der Waals surface area contributed by atoms with Gasteiger partial charge >= 0.3 is 6.09 Å². The SMILES string of the molecule is C=Cc1cccc(C(C(=O)Nc2c(C)cccc2C)N(CCCCCCC)C(=O)C(NC(=O)OC(C)(C)C)C(C)C)c1. The van der Waals surface area contributed by atoms with Crippen molar-refractivity contribution in [2.24, 2.45) is 5.92 Å². The van der Waals surface area contributed by atoms with Gasteiger partial charge in [-0.1, -0.05) is 95.5 Å². The van der Waals surface area contributed by atoms with Gasteiger partial charge in [-0.05, 0) is 75.3 Å². The lowest BCUT2D eigenvalue weighted by molar-refractivity contribution is -0.141. The van der Waals surface area contributed by atoms with Crippen LogP contribution in [0.4, 0.5) is 10.5 Å². The molecule has 0 aliphatic carbocycles. The molecule has 230 valence electrons. The van der Waals surface area contributed by atoms with Gasteiger partial charge in [0.25, 0.3) is 5.91 Å². The van der Waals surface area contributed by atoms with Crippen LogP contribution in [-0.4, -0.2) is 41.0 Å². The number of nitrogens with zero attached hydrogens (tertiary/aromatic N) is 1. The van der Waals surface area contributed by atoms with Gasteiger partial charge in [0.05, 0.1) is 0 Å². The summed E-state index contributed by atoms with van der Waals surface area (Å²) in [7, 11) is 0. The summed E-state index contributed by atoms with van der Waals surface area (Å²) >= 11 is 0. The lowest BCUT2D eigenvalue weighted by atomic mass is 9.97. The van der Waals surface area contributed by atoms with Crippen LogP contribution in [0.5, 0.6) is 0 Å². The van der Waals surface area contributed by atoms with Gasteiger partial charge in [0.2, 0.25) is 5.91 Å². The standard InChI is InChI=1S/C35H51N3O4/c1-10-12-13-14-15-22-38(33(40)29(24(3)4)37-34(41)42-35(7,8)9)31(28-21-17-20-27(11-2)23-28)32(39)36-30-25(5)18-16-19-26(30)6/h11,16-21,23-24,29,31H,2,10,12-15,22H2,1,3-9H3,(H,36,39)(H,37,41). The van der Waals surface area contributed by atoms with Crippen LogP contribution >= 0.6 is 0 Å². The molecular formula is C35H51N3O4. The molecule has 7 nitrogen and oxygen atoms in total. The van der Waals surface area contributed by atoms with Crippen molar-refractivity contribution in [3.63, 3.8) is 0 Å². The van der Waals surface area contributed by atoms with Crippen molar-refractivity contribution in [1.82, 2.24) is 10.2 Å². The van der Waals surface area contributed by atoms with E-state index in [2.05, 4.69) is 24.1 Å². The van der Waals surface area contributed by atoms with E-state index in [1.807, 2.05) is 70.2 Å². The Morgan fingerprint density at radius 1 is 0.976 bits per heavy atom. The fraction of sp³-hybridized carbons (Fsp3) is 0.514. The van der Waals surface area contributed by atoms with Crippen molar-refractivity contribution in [3.8, 4) is 0 Å². The zero-order valence-corrected chi connectivity index (χ0v) is 26.9. The zero-order chi connectivity index (χ0) is 31.4. The van der Waals surface area contributed by atoms with Crippen LogP contribution in [0.2, 0.25) is 0 Å². The molecule has 2 N–H and O–H groups in total. The molecule has 2 unspecified atom stereocenters. The van der Waals surface area contributed by atoms with E-state index < -0.39 is 23.8 Å². The molecule has 0 fully saturated rings. The lowest BCUT2D eigenvalue weighted by Crippen LogP contribution is -2.54. The number of anilines is 1. The van der Waals surface area contributed by atoms with E-state index in [0.717, 1.165) is 54.5 Å². The molecule has 0 spiro atoms. The van der Waals surface area contributed by atoms with E-state index in [9.17, 15) is 14.4 Å². The number of carbonyl (C=O) groups excluding carboxylic acids is 3. The number of ether oxygens (including phenoxy) is 1. The molecule has 2 rings (SSSR count). The first kappa shape index (κ1) is 34.6. The number of unbranched alkanes of at least 4 members (excludes halogenated alkanes) is 4. The van der Waals surface area contributed by atoms with Crippen molar-refractivity contribution in [1.29, 1.82) is 0 Å². The number of alkyl carbamates (subject to hydrolysis) is 1. The van der Waals surface area contributed by atoms with E-state index in [4.69, 9.17) is 4.74 Å². The quantitative estimate of drug-likeness (QED) is 0.223. The van der Waals surface area contributed by atoms with Crippen molar-refractivity contribution in [2.75, 3.05) is 11.9 Å². The second kappa shape index (κ2) is 16.1. The number of amides is 3. The molecule has 0 saturated carbocycles. The molecule has 0 heterocycles. The highest BCUT2D eigenvalue weighted by Gasteiger charge is 2.37. The van der Waals surface area contributed by atoms with E-state index in [1.165, 1.54) is 0 Å². The van der Waals surface area contributed by atoms with Gasteiger partial charge in [0.15, 0.2) is 0 Å². The molecule has 0 aromatic heterocycles. The van der Waals surface area contributed by atoms with Crippen LogP contribution in [0, 0.1) is 19.8 Å². The average Bonchev–Trinajstić information content (AvgIpc) is 2.91.